The molecule has 0 aliphatic carbocycles. The van der Waals surface area contributed by atoms with Gasteiger partial charge in [0.15, 0.2) is 0 Å². The van der Waals surface area contributed by atoms with Crippen molar-refractivity contribution in [2.24, 2.45) is 7.05 Å². The lowest BCUT2D eigenvalue weighted by Crippen LogP contribution is -2.22. The fraction of sp³-hybridized carbons (Fsp3) is 0.667. The molecule has 1 heterocycles. The molecule has 0 fully saturated rings. The third-order valence-corrected chi connectivity index (χ3v) is 3.17. The molecule has 0 amide bonds. The first-order valence-corrected chi connectivity index (χ1v) is 5.78. The van der Waals surface area contributed by atoms with Crippen molar-refractivity contribution in [2.45, 2.75) is 25.8 Å². The van der Waals surface area contributed by atoms with Crippen molar-refractivity contribution in [1.82, 2.24) is 15.1 Å². The van der Waals surface area contributed by atoms with Crippen LogP contribution >= 0.6 is 27.5 Å². The maximum Gasteiger partial charge on any atom is 0.0739 e. The molecule has 5 heteroatoms. The van der Waals surface area contributed by atoms with Gasteiger partial charge in [-0.25, -0.2) is 0 Å². The Morgan fingerprint density at radius 1 is 1.64 bits per heavy atom. The number of nitrogens with zero attached hydrogens (tertiary/aromatic N) is 2. The van der Waals surface area contributed by atoms with E-state index in [4.69, 9.17) is 11.6 Å². The predicted octanol–water partition coefficient (Wildman–Crippen LogP) is 2.21. The Hall–Kier alpha value is -0.0600. The lowest BCUT2D eigenvalue weighted by Gasteiger charge is -2.06. The van der Waals surface area contributed by atoms with Crippen LogP contribution in [0.2, 0.25) is 0 Å². The van der Waals surface area contributed by atoms with Crippen LogP contribution in [0.15, 0.2) is 4.47 Å². The third-order valence-electron chi connectivity index (χ3n) is 1.98. The smallest absolute Gasteiger partial charge is 0.0739 e. The molecule has 3 nitrogen and oxygen atoms in total. The highest BCUT2D eigenvalue weighted by Gasteiger charge is 2.09. The maximum absolute atomic E-state index is 5.83. The number of aryl methyl sites for hydroxylation is 2. The Morgan fingerprint density at radius 3 is 2.71 bits per heavy atom. The molecule has 0 aromatic carbocycles. The van der Waals surface area contributed by atoms with Crippen LogP contribution in [-0.4, -0.2) is 21.7 Å². The van der Waals surface area contributed by atoms with E-state index in [1.54, 1.807) is 0 Å². The number of halogens is 2. The largest absolute Gasteiger partial charge is 0.310 e. The highest BCUT2D eigenvalue weighted by Crippen LogP contribution is 2.19. The molecule has 1 atom stereocenters. The fourth-order valence-corrected chi connectivity index (χ4v) is 1.85. The number of hydrogen-bond acceptors (Lipinski definition) is 2. The Balaban J connectivity index is 2.58. The summed E-state index contributed by atoms with van der Waals surface area (Å²) in [5, 5.41) is 7.73. The first-order chi connectivity index (χ1) is 6.52. The first kappa shape index (κ1) is 12.0. The van der Waals surface area contributed by atoms with Gasteiger partial charge in [0.05, 0.1) is 15.9 Å². The van der Waals surface area contributed by atoms with Crippen LogP contribution in [0, 0.1) is 6.92 Å². The predicted molar refractivity (Wildman–Crippen MR) is 62.7 cm³/mol. The molecule has 0 bridgehead atoms. The second-order valence-corrected chi connectivity index (χ2v) is 4.92. The molecule has 0 radical (unpaired) electrons. The van der Waals surface area contributed by atoms with E-state index in [0.29, 0.717) is 0 Å². The lowest BCUT2D eigenvalue weighted by atomic mass is 10.3. The summed E-state index contributed by atoms with van der Waals surface area (Å²) in [6.45, 7) is 5.54. The SMILES string of the molecule is Cc1nn(C)c(CNCC(C)Cl)c1Br. The highest BCUT2D eigenvalue weighted by atomic mass is 79.9. The van der Waals surface area contributed by atoms with Gasteiger partial charge in [0.2, 0.25) is 0 Å². The van der Waals surface area contributed by atoms with Gasteiger partial charge >= 0.3 is 0 Å². The van der Waals surface area contributed by atoms with Gasteiger partial charge in [0.1, 0.15) is 0 Å². The van der Waals surface area contributed by atoms with Gasteiger partial charge in [-0.15, -0.1) is 11.6 Å². The normalized spacial score (nSPS) is 13.2. The third kappa shape index (κ3) is 2.97. The Bertz CT molecular complexity index is 309. The summed E-state index contributed by atoms with van der Waals surface area (Å²) in [6, 6.07) is 0. The van der Waals surface area contributed by atoms with Gasteiger partial charge in [0.25, 0.3) is 0 Å². The van der Waals surface area contributed by atoms with Gasteiger partial charge in [-0.3, -0.25) is 4.68 Å². The second-order valence-electron chi connectivity index (χ2n) is 3.38. The van der Waals surface area contributed by atoms with Crippen LogP contribution in [0.1, 0.15) is 18.3 Å². The molecular weight excluding hydrogens is 265 g/mol. The van der Waals surface area contributed by atoms with E-state index in [9.17, 15) is 0 Å². The van der Waals surface area contributed by atoms with E-state index < -0.39 is 0 Å². The van der Waals surface area contributed by atoms with Crippen molar-refractivity contribution in [1.29, 1.82) is 0 Å². The fourth-order valence-electron chi connectivity index (χ4n) is 1.26. The summed E-state index contributed by atoms with van der Waals surface area (Å²) in [5.41, 5.74) is 2.17. The minimum Gasteiger partial charge on any atom is -0.310 e. The van der Waals surface area contributed by atoms with Gasteiger partial charge in [-0.2, -0.15) is 5.10 Å². The topological polar surface area (TPSA) is 29.9 Å². The van der Waals surface area contributed by atoms with E-state index in [0.717, 1.165) is 29.0 Å². The number of aromatic nitrogens is 2. The van der Waals surface area contributed by atoms with Crippen LogP contribution in [0.25, 0.3) is 0 Å². The van der Waals surface area contributed by atoms with Crippen molar-refractivity contribution in [3.8, 4) is 0 Å². The van der Waals surface area contributed by atoms with Gasteiger partial charge in [0, 0.05) is 25.5 Å². The van der Waals surface area contributed by atoms with Crippen molar-refractivity contribution in [3.05, 3.63) is 15.9 Å². The summed E-state index contributed by atoms with van der Waals surface area (Å²) < 4.78 is 2.96. The summed E-state index contributed by atoms with van der Waals surface area (Å²) >= 11 is 9.34. The van der Waals surface area contributed by atoms with Crippen molar-refractivity contribution >= 4 is 27.5 Å². The van der Waals surface area contributed by atoms with Crippen molar-refractivity contribution in [3.63, 3.8) is 0 Å². The van der Waals surface area contributed by atoms with Crippen molar-refractivity contribution < 1.29 is 0 Å². The van der Waals surface area contributed by atoms with Crippen LogP contribution in [-0.2, 0) is 13.6 Å². The van der Waals surface area contributed by atoms with Gasteiger partial charge in [-0.05, 0) is 29.8 Å². The molecule has 14 heavy (non-hydrogen) atoms. The molecule has 80 valence electrons. The standard InChI is InChI=1S/C9H15BrClN3/c1-6(11)4-12-5-8-9(10)7(2)13-14(8)3/h6,12H,4-5H2,1-3H3. The molecule has 1 aromatic rings. The lowest BCUT2D eigenvalue weighted by molar-refractivity contribution is 0.620. The summed E-state index contributed by atoms with van der Waals surface area (Å²) in [4.78, 5) is 0. The second kappa shape index (κ2) is 5.14. The molecule has 1 N–H and O–H groups in total. The molecule has 0 saturated heterocycles. The monoisotopic (exact) mass is 279 g/mol. The first-order valence-electron chi connectivity index (χ1n) is 4.55. The molecule has 0 aliphatic heterocycles. The quantitative estimate of drug-likeness (QED) is 0.857. The number of nitrogens with one attached hydrogen (secondary N) is 1. The van der Waals surface area contributed by atoms with Crippen LogP contribution < -0.4 is 5.32 Å². The van der Waals surface area contributed by atoms with E-state index in [1.807, 2.05) is 25.6 Å². The van der Waals surface area contributed by atoms with Gasteiger partial charge in [-0.1, -0.05) is 0 Å². The summed E-state index contributed by atoms with van der Waals surface area (Å²) in [7, 11) is 1.94. The summed E-state index contributed by atoms with van der Waals surface area (Å²) in [6.07, 6.45) is 0. The van der Waals surface area contributed by atoms with Gasteiger partial charge < -0.3 is 5.32 Å². The Morgan fingerprint density at radius 2 is 2.29 bits per heavy atom. The zero-order valence-corrected chi connectivity index (χ0v) is 11.0. The minimum absolute atomic E-state index is 0.156. The van der Waals surface area contributed by atoms with Crippen LogP contribution in [0.3, 0.4) is 0 Å². The zero-order valence-electron chi connectivity index (χ0n) is 8.64. The van der Waals surface area contributed by atoms with Crippen molar-refractivity contribution in [2.75, 3.05) is 6.54 Å². The molecule has 1 unspecified atom stereocenters. The molecule has 1 rings (SSSR count). The zero-order chi connectivity index (χ0) is 10.7. The minimum atomic E-state index is 0.156. The van der Waals surface area contributed by atoms with E-state index >= 15 is 0 Å². The molecule has 0 spiro atoms. The van der Waals surface area contributed by atoms with E-state index in [2.05, 4.69) is 26.3 Å². The number of rotatable bonds is 4. The Kier molecular flexibility index (Phi) is 4.41. The van der Waals surface area contributed by atoms with E-state index in [-0.39, 0.29) is 5.38 Å². The molecule has 0 saturated carbocycles. The molecule has 0 aliphatic rings. The number of alkyl halides is 1. The van der Waals surface area contributed by atoms with Crippen LogP contribution in [0.5, 0.6) is 0 Å². The molecular formula is C9H15BrClN3. The highest BCUT2D eigenvalue weighted by molar-refractivity contribution is 9.10. The average Bonchev–Trinajstić information content (AvgIpc) is 2.31. The Labute approximate surface area is 97.9 Å². The maximum atomic E-state index is 5.83. The van der Waals surface area contributed by atoms with Crippen LogP contribution in [0.4, 0.5) is 0 Å². The molecule has 1 aromatic heterocycles. The number of hydrogen-bond donors (Lipinski definition) is 1. The average molecular weight is 281 g/mol. The van der Waals surface area contributed by atoms with E-state index in [1.165, 1.54) is 0 Å². The summed E-state index contributed by atoms with van der Waals surface area (Å²) in [5.74, 6) is 0.